The van der Waals surface area contributed by atoms with Gasteiger partial charge < -0.3 is 10.1 Å². The second kappa shape index (κ2) is 6.08. The van der Waals surface area contributed by atoms with Crippen LogP contribution in [0.3, 0.4) is 0 Å². The minimum absolute atomic E-state index is 0.801. The molecule has 0 saturated carbocycles. The Morgan fingerprint density at radius 1 is 1.22 bits per heavy atom. The summed E-state index contributed by atoms with van der Waals surface area (Å²) in [7, 11) is 1.69. The average Bonchev–Trinajstić information content (AvgIpc) is 2.73. The third-order valence-electron chi connectivity index (χ3n) is 2.55. The smallest absolute Gasteiger partial charge is 0.143 e. The predicted molar refractivity (Wildman–Crippen MR) is 84.8 cm³/mol. The Kier molecular flexibility index (Phi) is 4.70. The van der Waals surface area contributed by atoms with Gasteiger partial charge in [0.1, 0.15) is 5.75 Å². The number of benzene rings is 1. The Balaban J connectivity index is 2.18. The van der Waals surface area contributed by atoms with E-state index < -0.39 is 0 Å². The van der Waals surface area contributed by atoms with Crippen molar-refractivity contribution < 1.29 is 4.74 Å². The monoisotopic (exact) mass is 389 g/mol. The fourth-order valence-corrected chi connectivity index (χ4v) is 3.66. The van der Waals surface area contributed by atoms with Gasteiger partial charge in [-0.05, 0) is 46.6 Å². The molecule has 5 heteroatoms. The number of nitrogens with one attached hydrogen (secondary N) is 1. The molecule has 0 aliphatic rings. The summed E-state index contributed by atoms with van der Waals surface area (Å²) in [5.74, 6) is 0.859. The van der Waals surface area contributed by atoms with Crippen LogP contribution < -0.4 is 10.1 Å². The molecule has 0 unspecified atom stereocenters. The highest BCUT2D eigenvalue weighted by Crippen LogP contribution is 2.32. The van der Waals surface area contributed by atoms with E-state index >= 15 is 0 Å². The van der Waals surface area contributed by atoms with Crippen LogP contribution in [0.5, 0.6) is 5.75 Å². The summed E-state index contributed by atoms with van der Waals surface area (Å²) >= 11 is 8.67. The van der Waals surface area contributed by atoms with Gasteiger partial charge in [-0.3, -0.25) is 0 Å². The third kappa shape index (κ3) is 3.28. The molecule has 1 N–H and O–H groups in total. The zero-order chi connectivity index (χ0) is 13.1. The van der Waals surface area contributed by atoms with E-state index in [1.165, 1.54) is 4.88 Å². The Morgan fingerprint density at radius 2 is 2.00 bits per heavy atom. The summed E-state index contributed by atoms with van der Waals surface area (Å²) in [6, 6.07) is 6.17. The van der Waals surface area contributed by atoms with Gasteiger partial charge in [0.05, 0.1) is 12.8 Å². The molecule has 2 rings (SSSR count). The highest BCUT2D eigenvalue weighted by molar-refractivity contribution is 9.10. The molecule has 2 nitrogen and oxygen atoms in total. The van der Waals surface area contributed by atoms with Crippen LogP contribution in [0.4, 0.5) is 5.69 Å². The second-order valence-corrected chi connectivity index (χ2v) is 6.71. The van der Waals surface area contributed by atoms with Crippen molar-refractivity contribution in [1.82, 2.24) is 0 Å². The molecule has 1 aromatic heterocycles. The average molecular weight is 391 g/mol. The number of aryl methyl sites for hydroxylation is 1. The van der Waals surface area contributed by atoms with Crippen molar-refractivity contribution in [1.29, 1.82) is 0 Å². The maximum absolute atomic E-state index is 5.40. The first-order valence-corrected chi connectivity index (χ1v) is 7.87. The van der Waals surface area contributed by atoms with E-state index in [2.05, 4.69) is 61.6 Å². The quantitative estimate of drug-likeness (QED) is 0.774. The van der Waals surface area contributed by atoms with Crippen LogP contribution >= 0.6 is 43.2 Å². The molecule has 1 aromatic carbocycles. The third-order valence-corrected chi connectivity index (χ3v) is 4.70. The standard InChI is InChI=1S/C13H13Br2NOS/c1-8-3-9(14)5-12(17-2)13(8)16-6-11-4-10(15)7-18-11/h3-5,7,16H,6H2,1-2H3. The van der Waals surface area contributed by atoms with Crippen LogP contribution in [0.15, 0.2) is 32.5 Å². The van der Waals surface area contributed by atoms with Gasteiger partial charge in [0, 0.05) is 25.7 Å². The molecule has 0 saturated heterocycles. The largest absolute Gasteiger partial charge is 0.495 e. The van der Waals surface area contributed by atoms with Crippen LogP contribution in [0.1, 0.15) is 10.4 Å². The molecule has 18 heavy (non-hydrogen) atoms. The van der Waals surface area contributed by atoms with Crippen LogP contribution in [0, 0.1) is 6.92 Å². The minimum Gasteiger partial charge on any atom is -0.495 e. The number of rotatable bonds is 4. The molecule has 0 spiro atoms. The van der Waals surface area contributed by atoms with E-state index in [9.17, 15) is 0 Å². The first kappa shape index (κ1) is 13.9. The molecular formula is C13H13Br2NOS. The Morgan fingerprint density at radius 3 is 2.61 bits per heavy atom. The Labute approximate surface area is 128 Å². The molecule has 1 heterocycles. The van der Waals surface area contributed by atoms with E-state index in [0.717, 1.165) is 32.5 Å². The fourth-order valence-electron chi connectivity index (χ4n) is 1.72. The lowest BCUT2D eigenvalue weighted by Crippen LogP contribution is -2.02. The van der Waals surface area contributed by atoms with Gasteiger partial charge in [0.25, 0.3) is 0 Å². The van der Waals surface area contributed by atoms with Crippen LogP contribution in [0.25, 0.3) is 0 Å². The maximum atomic E-state index is 5.40. The van der Waals surface area contributed by atoms with Crippen LogP contribution in [-0.4, -0.2) is 7.11 Å². The molecular weight excluding hydrogens is 378 g/mol. The number of hydrogen-bond acceptors (Lipinski definition) is 3. The molecule has 96 valence electrons. The predicted octanol–water partition coefficient (Wildman–Crippen LogP) is 5.20. The van der Waals surface area contributed by atoms with Crippen molar-refractivity contribution in [2.24, 2.45) is 0 Å². The number of thiophene rings is 1. The topological polar surface area (TPSA) is 21.3 Å². The normalized spacial score (nSPS) is 10.4. The lowest BCUT2D eigenvalue weighted by Gasteiger charge is -2.14. The van der Waals surface area contributed by atoms with Crippen molar-refractivity contribution in [3.63, 3.8) is 0 Å². The van der Waals surface area contributed by atoms with E-state index in [1.807, 2.05) is 6.07 Å². The number of ether oxygens (including phenoxy) is 1. The Bertz CT molecular complexity index is 554. The van der Waals surface area contributed by atoms with Crippen molar-refractivity contribution in [3.8, 4) is 5.75 Å². The summed E-state index contributed by atoms with van der Waals surface area (Å²) in [4.78, 5) is 1.28. The van der Waals surface area contributed by atoms with Gasteiger partial charge in [-0.2, -0.15) is 0 Å². The highest BCUT2D eigenvalue weighted by Gasteiger charge is 2.08. The molecule has 0 aliphatic carbocycles. The van der Waals surface area contributed by atoms with Gasteiger partial charge in [-0.1, -0.05) is 15.9 Å². The lowest BCUT2D eigenvalue weighted by atomic mass is 10.2. The molecule has 0 fully saturated rings. The molecule has 2 aromatic rings. The van der Waals surface area contributed by atoms with Crippen molar-refractivity contribution >= 4 is 48.9 Å². The van der Waals surface area contributed by atoms with Gasteiger partial charge in [0.15, 0.2) is 0 Å². The van der Waals surface area contributed by atoms with Gasteiger partial charge >= 0.3 is 0 Å². The zero-order valence-corrected chi connectivity index (χ0v) is 14.1. The van der Waals surface area contributed by atoms with Gasteiger partial charge in [-0.25, -0.2) is 0 Å². The number of anilines is 1. The second-order valence-electron chi connectivity index (χ2n) is 3.88. The maximum Gasteiger partial charge on any atom is 0.143 e. The van der Waals surface area contributed by atoms with E-state index in [0.29, 0.717) is 0 Å². The molecule has 0 atom stereocenters. The number of methoxy groups -OCH3 is 1. The highest BCUT2D eigenvalue weighted by atomic mass is 79.9. The van der Waals surface area contributed by atoms with Crippen molar-refractivity contribution in [2.45, 2.75) is 13.5 Å². The van der Waals surface area contributed by atoms with E-state index in [1.54, 1.807) is 18.4 Å². The van der Waals surface area contributed by atoms with Crippen molar-refractivity contribution in [2.75, 3.05) is 12.4 Å². The zero-order valence-electron chi connectivity index (χ0n) is 10.1. The molecule has 0 radical (unpaired) electrons. The Hall–Kier alpha value is -0.520. The van der Waals surface area contributed by atoms with Crippen LogP contribution in [0.2, 0.25) is 0 Å². The van der Waals surface area contributed by atoms with E-state index in [-0.39, 0.29) is 0 Å². The molecule has 0 amide bonds. The van der Waals surface area contributed by atoms with E-state index in [4.69, 9.17) is 4.74 Å². The first-order valence-electron chi connectivity index (χ1n) is 5.41. The number of halogens is 2. The van der Waals surface area contributed by atoms with Crippen LogP contribution in [-0.2, 0) is 6.54 Å². The lowest BCUT2D eigenvalue weighted by molar-refractivity contribution is 0.416. The first-order chi connectivity index (χ1) is 8.60. The molecule has 0 bridgehead atoms. The summed E-state index contributed by atoms with van der Waals surface area (Å²) in [6.45, 7) is 2.87. The fraction of sp³-hybridized carbons (Fsp3) is 0.231. The summed E-state index contributed by atoms with van der Waals surface area (Å²) in [5, 5.41) is 5.52. The van der Waals surface area contributed by atoms with Gasteiger partial charge in [0.2, 0.25) is 0 Å². The molecule has 0 aliphatic heterocycles. The minimum atomic E-state index is 0.801. The van der Waals surface area contributed by atoms with Crippen molar-refractivity contribution in [3.05, 3.63) is 43.0 Å². The number of hydrogen-bond donors (Lipinski definition) is 1. The van der Waals surface area contributed by atoms with Gasteiger partial charge in [-0.15, -0.1) is 11.3 Å². The summed E-state index contributed by atoms with van der Waals surface area (Å²) < 4.78 is 7.56. The SMILES string of the molecule is COc1cc(Br)cc(C)c1NCc1cc(Br)cs1. The summed E-state index contributed by atoms with van der Waals surface area (Å²) in [5.41, 5.74) is 2.21. The summed E-state index contributed by atoms with van der Waals surface area (Å²) in [6.07, 6.45) is 0.